The van der Waals surface area contributed by atoms with Crippen LogP contribution in [-0.4, -0.2) is 0 Å². The number of anilines is 1. The van der Waals surface area contributed by atoms with E-state index in [1.54, 1.807) is 0 Å². The third kappa shape index (κ3) is 2.25. The molecule has 0 bridgehead atoms. The Morgan fingerprint density at radius 3 is 2.64 bits per heavy atom. The Morgan fingerprint density at radius 2 is 1.93 bits per heavy atom. The Hall–Kier alpha value is -1.50. The fourth-order valence-electron chi connectivity index (χ4n) is 1.59. The van der Waals surface area contributed by atoms with Gasteiger partial charge in [-0.1, -0.05) is 24.3 Å². The van der Waals surface area contributed by atoms with Gasteiger partial charge in [-0.15, -0.1) is 13.2 Å². The Morgan fingerprint density at radius 1 is 1.21 bits per heavy atom. The van der Waals surface area contributed by atoms with Gasteiger partial charge in [0.2, 0.25) is 0 Å². The van der Waals surface area contributed by atoms with Crippen LogP contribution in [0.1, 0.15) is 17.5 Å². The smallest absolute Gasteiger partial charge is 0.0414 e. The predicted molar refractivity (Wildman–Crippen MR) is 63.5 cm³/mol. The van der Waals surface area contributed by atoms with Gasteiger partial charge in [0.25, 0.3) is 0 Å². The number of allylic oxidation sites excluding steroid dienone is 1. The van der Waals surface area contributed by atoms with Crippen molar-refractivity contribution in [3.8, 4) is 0 Å². The van der Waals surface area contributed by atoms with Crippen molar-refractivity contribution in [1.82, 2.24) is 0 Å². The summed E-state index contributed by atoms with van der Waals surface area (Å²) in [7, 11) is 0. The molecule has 1 heterocycles. The van der Waals surface area contributed by atoms with Crippen molar-refractivity contribution in [2.45, 2.75) is 19.8 Å². The maximum Gasteiger partial charge on any atom is 0.0414 e. The number of nitrogens with one attached hydrogen (secondary N) is 1. The van der Waals surface area contributed by atoms with Crippen molar-refractivity contribution in [2.24, 2.45) is 0 Å². The van der Waals surface area contributed by atoms with Crippen LogP contribution >= 0.6 is 0 Å². The molecule has 0 unspecified atom stereocenters. The van der Waals surface area contributed by atoms with Gasteiger partial charge in [-0.05, 0) is 31.4 Å². The maximum atomic E-state index is 3.92. The summed E-state index contributed by atoms with van der Waals surface area (Å²) in [4.78, 5) is 0. The second-order valence-corrected chi connectivity index (χ2v) is 3.39. The fraction of sp³-hybridized carbons (Fsp3) is 0.231. The molecular formula is C13H17N. The molecule has 1 N–H and O–H groups in total. The average Bonchev–Trinajstić information content (AvgIpc) is 2.21. The van der Waals surface area contributed by atoms with Crippen LogP contribution in [0.15, 0.2) is 43.6 Å². The summed E-state index contributed by atoms with van der Waals surface area (Å²) in [5.41, 5.74) is 5.12. The first-order valence-corrected chi connectivity index (χ1v) is 4.80. The number of benzene rings is 1. The molecule has 0 amide bonds. The van der Waals surface area contributed by atoms with Crippen LogP contribution in [-0.2, 0) is 6.42 Å². The van der Waals surface area contributed by atoms with Crippen molar-refractivity contribution < 1.29 is 0 Å². The first-order valence-electron chi connectivity index (χ1n) is 4.80. The summed E-state index contributed by atoms with van der Waals surface area (Å²) >= 11 is 0. The number of hydrogen-bond donors (Lipinski definition) is 1. The highest BCUT2D eigenvalue weighted by Crippen LogP contribution is 2.26. The van der Waals surface area contributed by atoms with Crippen molar-refractivity contribution >= 4 is 5.69 Å². The highest BCUT2D eigenvalue weighted by atomic mass is 14.9. The van der Waals surface area contributed by atoms with E-state index in [0.717, 1.165) is 18.5 Å². The molecular weight excluding hydrogens is 170 g/mol. The van der Waals surface area contributed by atoms with E-state index in [0.29, 0.717) is 0 Å². The number of hydrogen-bond acceptors (Lipinski definition) is 1. The van der Waals surface area contributed by atoms with E-state index in [2.05, 4.69) is 50.2 Å². The fourth-order valence-corrected chi connectivity index (χ4v) is 1.59. The molecule has 0 spiro atoms. The summed E-state index contributed by atoms with van der Waals surface area (Å²) in [5.74, 6) is 0. The second kappa shape index (κ2) is 4.66. The zero-order valence-corrected chi connectivity index (χ0v) is 8.77. The highest BCUT2D eigenvalue weighted by Gasteiger charge is 2.09. The topological polar surface area (TPSA) is 12.0 Å². The molecule has 0 aliphatic carbocycles. The average molecular weight is 187 g/mol. The molecule has 0 radical (unpaired) electrons. The molecule has 1 aromatic carbocycles. The van der Waals surface area contributed by atoms with E-state index in [4.69, 9.17) is 0 Å². The van der Waals surface area contributed by atoms with E-state index in [-0.39, 0.29) is 0 Å². The maximum absolute atomic E-state index is 3.92. The quantitative estimate of drug-likeness (QED) is 0.611. The van der Waals surface area contributed by atoms with E-state index in [1.807, 2.05) is 0 Å². The van der Waals surface area contributed by atoms with Crippen LogP contribution < -0.4 is 5.32 Å². The Bertz CT molecular complexity index is 339. The molecule has 1 heteroatoms. The lowest BCUT2D eigenvalue weighted by atomic mass is 10.00. The zero-order valence-electron chi connectivity index (χ0n) is 8.77. The van der Waals surface area contributed by atoms with Crippen LogP contribution in [0.5, 0.6) is 0 Å². The molecule has 0 saturated heterocycles. The van der Waals surface area contributed by atoms with E-state index in [9.17, 15) is 0 Å². The standard InChI is InChI=1S/C11H13N.C2H4/c1-8-3-6-11-10(7-8)5-4-9(2)12-11;1-2/h3,6-7,12H,2,4-5H2,1H3;1-2H2. The SMILES string of the molecule is C=C.C=C1CCc2cc(C)ccc2N1. The summed E-state index contributed by atoms with van der Waals surface area (Å²) in [6.45, 7) is 12.1. The summed E-state index contributed by atoms with van der Waals surface area (Å²) in [6, 6.07) is 6.51. The van der Waals surface area contributed by atoms with E-state index < -0.39 is 0 Å². The lowest BCUT2D eigenvalue weighted by molar-refractivity contribution is 0.917. The summed E-state index contributed by atoms with van der Waals surface area (Å²) in [6.07, 6.45) is 2.19. The lowest BCUT2D eigenvalue weighted by Gasteiger charge is -2.20. The minimum atomic E-state index is 1.07. The number of rotatable bonds is 0. The minimum absolute atomic E-state index is 1.07. The van der Waals surface area contributed by atoms with Crippen LogP contribution in [0.2, 0.25) is 0 Å². The van der Waals surface area contributed by atoms with Gasteiger partial charge >= 0.3 is 0 Å². The molecule has 14 heavy (non-hydrogen) atoms. The predicted octanol–water partition coefficient (Wildman–Crippen LogP) is 3.67. The second-order valence-electron chi connectivity index (χ2n) is 3.39. The number of fused-ring (bicyclic) bond motifs is 1. The largest absolute Gasteiger partial charge is 0.359 e. The van der Waals surface area contributed by atoms with Crippen molar-refractivity contribution in [2.75, 3.05) is 5.32 Å². The van der Waals surface area contributed by atoms with Crippen LogP contribution in [0.3, 0.4) is 0 Å². The Labute approximate surface area is 86.2 Å². The van der Waals surface area contributed by atoms with E-state index >= 15 is 0 Å². The van der Waals surface area contributed by atoms with Crippen LogP contribution in [0, 0.1) is 6.92 Å². The third-order valence-electron chi connectivity index (χ3n) is 2.27. The highest BCUT2D eigenvalue weighted by molar-refractivity contribution is 5.58. The van der Waals surface area contributed by atoms with Gasteiger partial charge in [-0.25, -0.2) is 0 Å². The van der Waals surface area contributed by atoms with Crippen LogP contribution in [0.25, 0.3) is 0 Å². The third-order valence-corrected chi connectivity index (χ3v) is 2.27. The van der Waals surface area contributed by atoms with Crippen LogP contribution in [0.4, 0.5) is 5.69 Å². The van der Waals surface area contributed by atoms with Gasteiger partial charge in [0, 0.05) is 11.4 Å². The molecule has 0 fully saturated rings. The normalized spacial score (nSPS) is 13.4. The van der Waals surface area contributed by atoms with E-state index in [1.165, 1.54) is 16.8 Å². The lowest BCUT2D eigenvalue weighted by Crippen LogP contribution is -2.08. The molecule has 74 valence electrons. The van der Waals surface area contributed by atoms with Gasteiger partial charge in [0.05, 0.1) is 0 Å². The number of aryl methyl sites for hydroxylation is 2. The monoisotopic (exact) mass is 187 g/mol. The van der Waals surface area contributed by atoms with Crippen molar-refractivity contribution in [1.29, 1.82) is 0 Å². The summed E-state index contributed by atoms with van der Waals surface area (Å²) in [5, 5.41) is 3.29. The first kappa shape index (κ1) is 10.6. The van der Waals surface area contributed by atoms with Gasteiger partial charge < -0.3 is 5.32 Å². The zero-order chi connectivity index (χ0) is 10.6. The molecule has 1 aliphatic heterocycles. The van der Waals surface area contributed by atoms with Gasteiger partial charge in [0.1, 0.15) is 0 Å². The molecule has 1 aromatic rings. The minimum Gasteiger partial charge on any atom is -0.359 e. The Balaban J connectivity index is 0.000000461. The Kier molecular flexibility index (Phi) is 3.52. The van der Waals surface area contributed by atoms with Gasteiger partial charge in [-0.3, -0.25) is 0 Å². The molecule has 0 aromatic heterocycles. The molecule has 1 nitrogen and oxygen atoms in total. The molecule has 0 atom stereocenters. The van der Waals surface area contributed by atoms with Gasteiger partial charge in [0.15, 0.2) is 0 Å². The van der Waals surface area contributed by atoms with Crippen molar-refractivity contribution in [3.05, 3.63) is 54.8 Å². The summed E-state index contributed by atoms with van der Waals surface area (Å²) < 4.78 is 0. The van der Waals surface area contributed by atoms with Gasteiger partial charge in [-0.2, -0.15) is 0 Å². The molecule has 1 aliphatic rings. The molecule has 2 rings (SSSR count). The van der Waals surface area contributed by atoms with Crippen molar-refractivity contribution in [3.63, 3.8) is 0 Å². The first-order chi connectivity index (χ1) is 6.75. The molecule has 0 saturated carbocycles.